The zero-order valence-electron chi connectivity index (χ0n) is 53.0. The maximum Gasteiger partial charge on any atom is 0.306 e. The smallest absolute Gasteiger partial charge is 0.306 e. The van der Waals surface area contributed by atoms with Crippen molar-refractivity contribution >= 4 is 17.9 Å². The van der Waals surface area contributed by atoms with Crippen molar-refractivity contribution in [1.82, 2.24) is 0 Å². The Bertz CT molecular complexity index is 1670. The highest BCUT2D eigenvalue weighted by atomic mass is 16.6. The maximum absolute atomic E-state index is 12.9. The highest BCUT2D eigenvalue weighted by Crippen LogP contribution is 2.16. The first-order valence-corrected chi connectivity index (χ1v) is 34.0. The van der Waals surface area contributed by atoms with Crippen LogP contribution >= 0.6 is 0 Å². The van der Waals surface area contributed by atoms with Gasteiger partial charge >= 0.3 is 17.9 Å². The Balaban J connectivity index is 4.38. The molecule has 0 rings (SSSR count). The van der Waals surface area contributed by atoms with Gasteiger partial charge < -0.3 is 14.2 Å². The van der Waals surface area contributed by atoms with E-state index in [0.29, 0.717) is 19.3 Å². The van der Waals surface area contributed by atoms with Gasteiger partial charge in [-0.05, 0) is 128 Å². The van der Waals surface area contributed by atoms with E-state index in [9.17, 15) is 14.4 Å². The number of rotatable bonds is 61. The fourth-order valence-corrected chi connectivity index (χ4v) is 9.40. The van der Waals surface area contributed by atoms with Gasteiger partial charge in [0.1, 0.15) is 13.2 Å². The molecule has 0 amide bonds. The molecule has 0 aliphatic heterocycles. The Labute approximate surface area is 501 Å². The van der Waals surface area contributed by atoms with Gasteiger partial charge in [-0.1, -0.05) is 290 Å². The van der Waals surface area contributed by atoms with Crippen molar-refractivity contribution in [3.8, 4) is 0 Å². The van der Waals surface area contributed by atoms with E-state index in [1.807, 2.05) is 0 Å². The Morgan fingerprint density at radius 2 is 0.481 bits per heavy atom. The molecule has 0 heterocycles. The number of allylic oxidation sites excluding steroid dienone is 20. The maximum atomic E-state index is 12.9. The topological polar surface area (TPSA) is 78.9 Å². The summed E-state index contributed by atoms with van der Waals surface area (Å²) in [5.74, 6) is -0.909. The van der Waals surface area contributed by atoms with Crippen LogP contribution < -0.4 is 0 Å². The van der Waals surface area contributed by atoms with Crippen molar-refractivity contribution in [3.05, 3.63) is 122 Å². The van der Waals surface area contributed by atoms with Gasteiger partial charge in [-0.2, -0.15) is 0 Å². The van der Waals surface area contributed by atoms with E-state index in [4.69, 9.17) is 14.2 Å². The van der Waals surface area contributed by atoms with Crippen LogP contribution in [0.2, 0.25) is 0 Å². The molecule has 0 saturated carbocycles. The molecule has 0 aromatic heterocycles. The molecule has 0 aliphatic carbocycles. The summed E-state index contributed by atoms with van der Waals surface area (Å²) in [6, 6.07) is 0. The zero-order valence-corrected chi connectivity index (χ0v) is 53.0. The van der Waals surface area contributed by atoms with Crippen LogP contribution in [-0.2, 0) is 28.6 Å². The normalized spacial score (nSPS) is 12.9. The van der Waals surface area contributed by atoms with Crippen LogP contribution in [0.25, 0.3) is 0 Å². The number of ether oxygens (including phenoxy) is 3. The number of hydrogen-bond donors (Lipinski definition) is 0. The molecular formula is C75H126O6. The largest absolute Gasteiger partial charge is 0.462 e. The van der Waals surface area contributed by atoms with Gasteiger partial charge in [-0.25, -0.2) is 0 Å². The minimum atomic E-state index is -0.795. The lowest BCUT2D eigenvalue weighted by Gasteiger charge is -2.18. The number of carbonyl (C=O) groups is 3. The van der Waals surface area contributed by atoms with Gasteiger partial charge in [0.05, 0.1) is 0 Å². The van der Waals surface area contributed by atoms with Crippen LogP contribution in [-0.4, -0.2) is 37.2 Å². The van der Waals surface area contributed by atoms with Crippen molar-refractivity contribution in [2.75, 3.05) is 13.2 Å². The quantitative estimate of drug-likeness (QED) is 0.0261. The summed E-state index contributed by atoms with van der Waals surface area (Å²) < 4.78 is 17.0. The van der Waals surface area contributed by atoms with Crippen LogP contribution in [0.15, 0.2) is 122 Å². The first-order valence-electron chi connectivity index (χ1n) is 34.0. The van der Waals surface area contributed by atoms with Crippen molar-refractivity contribution in [3.63, 3.8) is 0 Å². The molecule has 6 heteroatoms. The summed E-state index contributed by atoms with van der Waals surface area (Å²) >= 11 is 0. The standard InChI is InChI=1S/C75H126O6/c1-4-7-10-13-16-19-22-25-28-31-33-34-35-36-37-38-39-40-42-44-47-50-53-56-59-62-65-68-74(77)80-71-72(70-79-73(76)67-64-61-58-55-52-49-46-43-30-27-24-21-18-15-12-9-6-3)81-75(78)69-66-63-60-57-54-51-48-45-41-32-29-26-23-20-17-14-11-8-5-2/h7,9-10,12,16,18-19,21,25-30,33-34,36-37,46,49,72H,4-6,8,11,13-15,17,20,22-24,31-32,35,38-45,47-48,50-71H2,1-3H3/b10-7-,12-9-,19-16-,21-18-,28-25-,29-26-,30-27-,34-33-,37-36-,49-46-. The lowest BCUT2D eigenvalue weighted by molar-refractivity contribution is -0.167. The summed E-state index contributed by atoms with van der Waals surface area (Å²) in [6.07, 6.45) is 94.9. The van der Waals surface area contributed by atoms with Gasteiger partial charge in [-0.3, -0.25) is 14.4 Å². The van der Waals surface area contributed by atoms with Crippen molar-refractivity contribution in [2.45, 2.75) is 322 Å². The van der Waals surface area contributed by atoms with Gasteiger partial charge in [0.25, 0.3) is 0 Å². The molecule has 6 nitrogen and oxygen atoms in total. The van der Waals surface area contributed by atoms with Crippen LogP contribution in [0.1, 0.15) is 316 Å². The van der Waals surface area contributed by atoms with Crippen LogP contribution in [0.4, 0.5) is 0 Å². The first kappa shape index (κ1) is 76.8. The summed E-state index contributed by atoms with van der Waals surface area (Å²) in [4.78, 5) is 38.4. The fourth-order valence-electron chi connectivity index (χ4n) is 9.40. The molecule has 462 valence electrons. The first-order chi connectivity index (χ1) is 40.0. The molecule has 0 N–H and O–H groups in total. The van der Waals surface area contributed by atoms with Crippen molar-refractivity contribution in [2.24, 2.45) is 0 Å². The number of esters is 3. The molecule has 1 unspecified atom stereocenters. The molecule has 0 aromatic rings. The third-order valence-electron chi connectivity index (χ3n) is 14.4. The van der Waals surface area contributed by atoms with E-state index in [0.717, 1.165) is 128 Å². The SMILES string of the molecule is CC/C=C\C/C=C\C/C=C\C/C=C\C/C=C\CCCCCCCCCCCCCC(=O)OCC(COC(=O)CCCCCC/C=C\C/C=C\C/C=C\C/C=C\CC)OC(=O)CCCCCCCCCCC/C=C\CCCCCCCC. The Morgan fingerprint density at radius 1 is 0.259 bits per heavy atom. The Morgan fingerprint density at radius 3 is 0.765 bits per heavy atom. The van der Waals surface area contributed by atoms with Crippen LogP contribution in [0.3, 0.4) is 0 Å². The van der Waals surface area contributed by atoms with Crippen LogP contribution in [0, 0.1) is 0 Å². The summed E-state index contributed by atoms with van der Waals surface area (Å²) in [5, 5.41) is 0. The van der Waals surface area contributed by atoms with Crippen molar-refractivity contribution in [1.29, 1.82) is 0 Å². The minimum Gasteiger partial charge on any atom is -0.462 e. The second kappa shape index (κ2) is 68.3. The van der Waals surface area contributed by atoms with Crippen molar-refractivity contribution < 1.29 is 28.6 Å². The number of hydrogen-bond acceptors (Lipinski definition) is 6. The van der Waals surface area contributed by atoms with Gasteiger partial charge in [-0.15, -0.1) is 0 Å². The predicted octanol–water partition coefficient (Wildman–Crippen LogP) is 23.6. The molecule has 0 spiro atoms. The van der Waals surface area contributed by atoms with Crippen LogP contribution in [0.5, 0.6) is 0 Å². The lowest BCUT2D eigenvalue weighted by Crippen LogP contribution is -2.30. The minimum absolute atomic E-state index is 0.0893. The lowest BCUT2D eigenvalue weighted by atomic mass is 10.0. The Kier molecular flexibility index (Phi) is 64.8. The second-order valence-electron chi connectivity index (χ2n) is 22.3. The van der Waals surface area contributed by atoms with E-state index in [-0.39, 0.29) is 31.1 Å². The molecule has 0 radical (unpaired) electrons. The second-order valence-corrected chi connectivity index (χ2v) is 22.3. The molecule has 1 atom stereocenters. The highest BCUT2D eigenvalue weighted by molar-refractivity contribution is 5.71. The average Bonchev–Trinajstić information content (AvgIpc) is 3.47. The molecule has 0 saturated heterocycles. The summed E-state index contributed by atoms with van der Waals surface area (Å²) in [5.41, 5.74) is 0. The molecule has 0 bridgehead atoms. The number of carbonyl (C=O) groups excluding carboxylic acids is 3. The third kappa shape index (κ3) is 66.5. The van der Waals surface area contributed by atoms with Gasteiger partial charge in [0.2, 0.25) is 0 Å². The van der Waals surface area contributed by atoms with E-state index < -0.39 is 6.10 Å². The predicted molar refractivity (Wildman–Crippen MR) is 353 cm³/mol. The third-order valence-corrected chi connectivity index (χ3v) is 14.4. The molecule has 81 heavy (non-hydrogen) atoms. The van der Waals surface area contributed by atoms with E-state index in [1.165, 1.54) is 148 Å². The fraction of sp³-hybridized carbons (Fsp3) is 0.693. The van der Waals surface area contributed by atoms with Gasteiger partial charge in [0.15, 0.2) is 6.10 Å². The van der Waals surface area contributed by atoms with E-state index in [2.05, 4.69) is 142 Å². The van der Waals surface area contributed by atoms with Gasteiger partial charge in [0, 0.05) is 19.3 Å². The number of unbranched alkanes of at least 4 members (excludes halogenated alkanes) is 30. The summed E-state index contributed by atoms with van der Waals surface area (Å²) in [6.45, 7) is 6.41. The molecular weight excluding hydrogens is 997 g/mol. The summed E-state index contributed by atoms with van der Waals surface area (Å²) in [7, 11) is 0. The molecule has 0 aliphatic rings. The van der Waals surface area contributed by atoms with E-state index in [1.54, 1.807) is 0 Å². The average molecular weight is 1120 g/mol. The highest BCUT2D eigenvalue weighted by Gasteiger charge is 2.19. The Hall–Kier alpha value is -4.19. The molecule has 0 fully saturated rings. The monoisotopic (exact) mass is 1120 g/mol. The zero-order chi connectivity index (χ0) is 58.5. The van der Waals surface area contributed by atoms with E-state index >= 15 is 0 Å². The molecule has 0 aromatic carbocycles.